The zero-order valence-corrected chi connectivity index (χ0v) is 9.00. The average Bonchev–Trinajstić information content (AvgIpc) is 2.18. The number of phenols is 1. The van der Waals surface area contributed by atoms with E-state index in [1.807, 2.05) is 13.8 Å². The van der Waals surface area contributed by atoms with Gasteiger partial charge < -0.3 is 9.84 Å². The van der Waals surface area contributed by atoms with Gasteiger partial charge in [-0.1, -0.05) is 13.8 Å². The zero-order chi connectivity index (χ0) is 11.1. The molecule has 0 saturated heterocycles. The Kier molecular flexibility index (Phi) is 5.37. The number of carbonyl (C=O) groups excluding carboxylic acids is 1. The van der Waals surface area contributed by atoms with Crippen LogP contribution in [0, 0.1) is 6.92 Å². The van der Waals surface area contributed by atoms with Crippen LogP contribution in [0.25, 0.3) is 0 Å². The molecule has 0 aromatic heterocycles. The summed E-state index contributed by atoms with van der Waals surface area (Å²) in [6.45, 7) is 5.80. The highest BCUT2D eigenvalue weighted by Gasteiger charge is 2.06. The van der Waals surface area contributed by atoms with E-state index in [2.05, 4.69) is 4.74 Å². The van der Waals surface area contributed by atoms with Gasteiger partial charge in [-0.3, -0.25) is 0 Å². The second kappa shape index (κ2) is 6.02. The van der Waals surface area contributed by atoms with Gasteiger partial charge in [0, 0.05) is 0 Å². The molecule has 0 heterocycles. The fraction of sp³-hybridized carbons (Fsp3) is 0.364. The normalized spacial score (nSPS) is 8.57. The van der Waals surface area contributed by atoms with Gasteiger partial charge in [0.2, 0.25) is 0 Å². The van der Waals surface area contributed by atoms with Gasteiger partial charge in [-0.25, -0.2) is 4.79 Å². The van der Waals surface area contributed by atoms with E-state index in [1.165, 1.54) is 13.2 Å². The summed E-state index contributed by atoms with van der Waals surface area (Å²) in [5.41, 5.74) is 1.20. The van der Waals surface area contributed by atoms with Crippen molar-refractivity contribution < 1.29 is 14.6 Å². The molecule has 0 bridgehead atoms. The molecule has 1 rings (SSSR count). The molecule has 78 valence electrons. The third kappa shape index (κ3) is 3.47. The Bertz CT molecular complexity index is 285. The molecule has 3 nitrogen and oxygen atoms in total. The summed E-state index contributed by atoms with van der Waals surface area (Å²) >= 11 is 0. The van der Waals surface area contributed by atoms with Crippen molar-refractivity contribution in [1.29, 1.82) is 0 Å². The fourth-order valence-electron chi connectivity index (χ4n) is 0.999. The molecule has 0 aliphatic heterocycles. The van der Waals surface area contributed by atoms with Gasteiger partial charge in [0.1, 0.15) is 5.75 Å². The van der Waals surface area contributed by atoms with Crippen molar-refractivity contribution in [3.05, 3.63) is 29.3 Å². The van der Waals surface area contributed by atoms with Gasteiger partial charge in [0.05, 0.1) is 12.7 Å². The molecule has 0 aliphatic rings. The highest BCUT2D eigenvalue weighted by molar-refractivity contribution is 5.89. The van der Waals surface area contributed by atoms with E-state index in [1.54, 1.807) is 19.1 Å². The summed E-state index contributed by atoms with van der Waals surface area (Å²) in [5, 5.41) is 9.13. The predicted octanol–water partition coefficient (Wildman–Crippen LogP) is 2.51. The number of rotatable bonds is 1. The lowest BCUT2D eigenvalue weighted by Gasteiger charge is -2.01. The van der Waals surface area contributed by atoms with E-state index in [0.29, 0.717) is 5.56 Å². The van der Waals surface area contributed by atoms with Crippen LogP contribution in [0.2, 0.25) is 0 Å². The maximum absolute atomic E-state index is 11.0. The number of ether oxygens (including phenoxy) is 1. The third-order valence-corrected chi connectivity index (χ3v) is 1.48. The first-order valence-electron chi connectivity index (χ1n) is 4.52. The van der Waals surface area contributed by atoms with Gasteiger partial charge >= 0.3 is 5.97 Å². The van der Waals surface area contributed by atoms with E-state index in [4.69, 9.17) is 5.11 Å². The number of aryl methyl sites for hydroxylation is 1. The van der Waals surface area contributed by atoms with E-state index >= 15 is 0 Å². The van der Waals surface area contributed by atoms with Crippen molar-refractivity contribution in [2.45, 2.75) is 20.8 Å². The molecule has 14 heavy (non-hydrogen) atoms. The van der Waals surface area contributed by atoms with Gasteiger partial charge in [-0.05, 0) is 30.7 Å². The Morgan fingerprint density at radius 3 is 2.29 bits per heavy atom. The van der Waals surface area contributed by atoms with Crippen LogP contribution in [0.3, 0.4) is 0 Å². The van der Waals surface area contributed by atoms with Crippen LogP contribution < -0.4 is 0 Å². The van der Waals surface area contributed by atoms with Crippen LogP contribution >= 0.6 is 0 Å². The molecule has 0 amide bonds. The molecular weight excluding hydrogens is 180 g/mol. The highest BCUT2D eigenvalue weighted by Crippen LogP contribution is 2.15. The van der Waals surface area contributed by atoms with Crippen molar-refractivity contribution >= 4 is 5.97 Å². The maximum atomic E-state index is 11.0. The van der Waals surface area contributed by atoms with Crippen LogP contribution in [0.4, 0.5) is 0 Å². The molecule has 0 spiro atoms. The Hall–Kier alpha value is -1.51. The van der Waals surface area contributed by atoms with Gasteiger partial charge in [0.25, 0.3) is 0 Å². The summed E-state index contributed by atoms with van der Waals surface area (Å²) in [6.07, 6.45) is 0. The fourth-order valence-corrected chi connectivity index (χ4v) is 0.999. The van der Waals surface area contributed by atoms with Crippen molar-refractivity contribution in [3.63, 3.8) is 0 Å². The SMILES string of the molecule is CC.COC(=O)c1cc(C)cc(O)c1. The van der Waals surface area contributed by atoms with Crippen LogP contribution in [-0.2, 0) is 4.74 Å². The Labute approximate surface area is 84.3 Å². The second-order valence-electron chi connectivity index (χ2n) is 2.55. The molecule has 3 heteroatoms. The molecule has 0 saturated carbocycles. The first-order chi connectivity index (χ1) is 6.63. The molecule has 1 aromatic carbocycles. The number of carbonyl (C=O) groups is 1. The minimum Gasteiger partial charge on any atom is -0.508 e. The summed E-state index contributed by atoms with van der Waals surface area (Å²) in [7, 11) is 1.31. The van der Waals surface area contributed by atoms with Crippen LogP contribution in [0.1, 0.15) is 29.8 Å². The predicted molar refractivity (Wildman–Crippen MR) is 55.5 cm³/mol. The lowest BCUT2D eigenvalue weighted by molar-refractivity contribution is 0.0600. The number of phenolic OH excluding ortho intramolecular Hbond substituents is 1. The minimum atomic E-state index is -0.436. The number of hydrogen-bond donors (Lipinski definition) is 1. The van der Waals surface area contributed by atoms with Crippen LogP contribution in [0.5, 0.6) is 5.75 Å². The monoisotopic (exact) mass is 196 g/mol. The average molecular weight is 196 g/mol. The van der Waals surface area contributed by atoms with Crippen molar-refractivity contribution in [3.8, 4) is 5.75 Å². The Morgan fingerprint density at radius 2 is 1.86 bits per heavy atom. The lowest BCUT2D eigenvalue weighted by atomic mass is 10.1. The first kappa shape index (κ1) is 12.5. The smallest absolute Gasteiger partial charge is 0.337 e. The topological polar surface area (TPSA) is 46.5 Å². The van der Waals surface area contributed by atoms with Crippen molar-refractivity contribution in [1.82, 2.24) is 0 Å². The first-order valence-corrected chi connectivity index (χ1v) is 4.52. The molecule has 1 N–H and O–H groups in total. The summed E-state index contributed by atoms with van der Waals surface area (Å²) in [6, 6.07) is 4.61. The lowest BCUT2D eigenvalue weighted by Crippen LogP contribution is -2.00. The number of benzene rings is 1. The molecular formula is C11H16O3. The third-order valence-electron chi connectivity index (χ3n) is 1.48. The van der Waals surface area contributed by atoms with Crippen LogP contribution in [0.15, 0.2) is 18.2 Å². The molecule has 0 radical (unpaired) electrons. The molecule has 0 unspecified atom stereocenters. The van der Waals surface area contributed by atoms with E-state index in [9.17, 15) is 4.79 Å². The largest absolute Gasteiger partial charge is 0.508 e. The second-order valence-corrected chi connectivity index (χ2v) is 2.55. The number of methoxy groups -OCH3 is 1. The minimum absolute atomic E-state index is 0.0791. The van der Waals surface area contributed by atoms with E-state index in [-0.39, 0.29) is 5.75 Å². The van der Waals surface area contributed by atoms with Gasteiger partial charge in [0.15, 0.2) is 0 Å². The quantitative estimate of drug-likeness (QED) is 0.702. The molecule has 0 aliphatic carbocycles. The van der Waals surface area contributed by atoms with Gasteiger partial charge in [-0.15, -0.1) is 0 Å². The standard InChI is InChI=1S/C9H10O3.C2H6/c1-6-3-7(9(11)12-2)5-8(10)4-6;1-2/h3-5,10H,1-2H3;1-2H3. The number of hydrogen-bond acceptors (Lipinski definition) is 3. The van der Waals surface area contributed by atoms with Crippen molar-refractivity contribution in [2.75, 3.05) is 7.11 Å². The maximum Gasteiger partial charge on any atom is 0.337 e. The van der Waals surface area contributed by atoms with Crippen LogP contribution in [-0.4, -0.2) is 18.2 Å². The highest BCUT2D eigenvalue weighted by atomic mass is 16.5. The Morgan fingerprint density at radius 1 is 1.29 bits per heavy atom. The van der Waals surface area contributed by atoms with E-state index < -0.39 is 5.97 Å². The van der Waals surface area contributed by atoms with Crippen molar-refractivity contribution in [2.24, 2.45) is 0 Å². The number of aromatic hydroxyl groups is 1. The Balaban J connectivity index is 0.000000791. The number of esters is 1. The molecule has 1 aromatic rings. The summed E-state index contributed by atoms with van der Waals surface area (Å²) < 4.78 is 4.50. The van der Waals surface area contributed by atoms with Gasteiger partial charge in [-0.2, -0.15) is 0 Å². The summed E-state index contributed by atoms with van der Waals surface area (Å²) in [4.78, 5) is 11.0. The zero-order valence-electron chi connectivity index (χ0n) is 9.00. The van der Waals surface area contributed by atoms with E-state index in [0.717, 1.165) is 5.56 Å². The summed E-state index contributed by atoms with van der Waals surface area (Å²) in [5.74, 6) is -0.357. The molecule has 0 fully saturated rings. The molecule has 0 atom stereocenters.